The third-order valence-corrected chi connectivity index (χ3v) is 3.57. The number of rotatable bonds is 0. The van der Waals surface area contributed by atoms with Crippen LogP contribution in [0.5, 0.6) is 0 Å². The van der Waals surface area contributed by atoms with Crippen LogP contribution in [0, 0.1) is 5.92 Å². The fraction of sp³-hybridized carbons (Fsp3) is 0.429. The van der Waals surface area contributed by atoms with Crippen molar-refractivity contribution < 1.29 is 0 Å². The van der Waals surface area contributed by atoms with Crippen LogP contribution in [0.25, 0.3) is 12.2 Å². The summed E-state index contributed by atoms with van der Waals surface area (Å²) in [6.07, 6.45) is 10.2. The van der Waals surface area contributed by atoms with Gasteiger partial charge in [0, 0.05) is 36.5 Å². The van der Waals surface area contributed by atoms with Crippen LogP contribution in [0.4, 0.5) is 0 Å². The number of aromatic nitrogens is 1. The van der Waals surface area contributed by atoms with Crippen molar-refractivity contribution in [2.45, 2.75) is 19.9 Å². The third kappa shape index (κ3) is 1.54. The largest absolute Gasteiger partial charge is 0.358 e. The van der Waals surface area contributed by atoms with Gasteiger partial charge in [-0.25, -0.2) is 0 Å². The van der Waals surface area contributed by atoms with Crippen molar-refractivity contribution in [1.29, 1.82) is 0 Å². The summed E-state index contributed by atoms with van der Waals surface area (Å²) in [5, 5.41) is 0. The topological polar surface area (TPSA) is 19.0 Å². The molecule has 0 aromatic carbocycles. The van der Waals surface area contributed by atoms with E-state index >= 15 is 0 Å². The van der Waals surface area contributed by atoms with E-state index in [0.29, 0.717) is 5.92 Å². The highest BCUT2D eigenvalue weighted by atomic mass is 15.1. The Morgan fingerprint density at radius 1 is 1.31 bits per heavy atom. The predicted molar refractivity (Wildman–Crippen MR) is 68.1 cm³/mol. The van der Waals surface area contributed by atoms with Crippen molar-refractivity contribution in [3.63, 3.8) is 0 Å². The van der Waals surface area contributed by atoms with E-state index in [2.05, 4.69) is 48.2 Å². The quantitative estimate of drug-likeness (QED) is 0.703. The average molecular weight is 214 g/mol. The maximum atomic E-state index is 3.57. The molecule has 0 amide bonds. The van der Waals surface area contributed by atoms with Crippen LogP contribution in [0.3, 0.4) is 0 Å². The molecule has 1 aromatic heterocycles. The molecule has 1 N–H and O–H groups in total. The first-order valence-corrected chi connectivity index (χ1v) is 6.02. The Hall–Kier alpha value is -1.28. The number of aromatic amines is 1. The molecule has 2 nitrogen and oxygen atoms in total. The zero-order valence-corrected chi connectivity index (χ0v) is 9.96. The summed E-state index contributed by atoms with van der Waals surface area (Å²) in [4.78, 5) is 5.96. The van der Waals surface area contributed by atoms with Crippen molar-refractivity contribution >= 4 is 12.2 Å². The number of allylic oxidation sites excluding steroid dienone is 2. The van der Waals surface area contributed by atoms with Crippen LogP contribution < -0.4 is 0 Å². The van der Waals surface area contributed by atoms with E-state index in [1.807, 2.05) is 0 Å². The van der Waals surface area contributed by atoms with E-state index < -0.39 is 0 Å². The second-order valence-electron chi connectivity index (χ2n) is 4.97. The fourth-order valence-electron chi connectivity index (χ4n) is 2.56. The highest BCUT2D eigenvalue weighted by molar-refractivity contribution is 5.70. The Morgan fingerprint density at radius 3 is 3.00 bits per heavy atom. The van der Waals surface area contributed by atoms with Gasteiger partial charge >= 0.3 is 0 Å². The van der Waals surface area contributed by atoms with Crippen LogP contribution >= 0.6 is 0 Å². The molecular weight excluding hydrogens is 196 g/mol. The highest BCUT2D eigenvalue weighted by Gasteiger charge is 2.20. The van der Waals surface area contributed by atoms with Gasteiger partial charge in [0.15, 0.2) is 0 Å². The Kier molecular flexibility index (Phi) is 2.25. The molecule has 0 radical (unpaired) electrons. The monoisotopic (exact) mass is 214 g/mol. The van der Waals surface area contributed by atoms with Crippen LogP contribution in [0.1, 0.15) is 29.4 Å². The Bertz CT molecular complexity index is 465. The second kappa shape index (κ2) is 3.63. The molecule has 0 fully saturated rings. The molecule has 2 heteroatoms. The molecule has 0 saturated heterocycles. The standard InChI is InChI=1S/C14H18N2/c1-10-3-5-11-12-9-16(2)8-7-14(12)15-13(11)6-4-10/h3-6,10,15H,7-9H2,1-2H3. The minimum absolute atomic E-state index is 0.540. The summed E-state index contributed by atoms with van der Waals surface area (Å²) in [7, 11) is 2.20. The SMILES string of the molecule is CC1C=Cc2[nH]c3c(c2C=C1)CN(C)CC3. The molecule has 1 aromatic rings. The number of hydrogen-bond acceptors (Lipinski definition) is 1. The lowest BCUT2D eigenvalue weighted by atomic mass is 10.0. The smallest absolute Gasteiger partial charge is 0.0456 e. The molecule has 16 heavy (non-hydrogen) atoms. The van der Waals surface area contributed by atoms with Gasteiger partial charge in [-0.15, -0.1) is 0 Å². The highest BCUT2D eigenvalue weighted by Crippen LogP contribution is 2.29. The maximum absolute atomic E-state index is 3.57. The van der Waals surface area contributed by atoms with Gasteiger partial charge in [-0.3, -0.25) is 0 Å². The zero-order valence-electron chi connectivity index (χ0n) is 9.96. The van der Waals surface area contributed by atoms with Gasteiger partial charge in [0.2, 0.25) is 0 Å². The molecule has 0 spiro atoms. The molecule has 0 bridgehead atoms. The number of nitrogens with one attached hydrogen (secondary N) is 1. The van der Waals surface area contributed by atoms with Crippen molar-refractivity contribution in [3.05, 3.63) is 34.7 Å². The van der Waals surface area contributed by atoms with Crippen molar-refractivity contribution in [1.82, 2.24) is 9.88 Å². The maximum Gasteiger partial charge on any atom is 0.0456 e. The lowest BCUT2D eigenvalue weighted by molar-refractivity contribution is 0.311. The van der Waals surface area contributed by atoms with Crippen LogP contribution in [0.2, 0.25) is 0 Å². The lowest BCUT2D eigenvalue weighted by Crippen LogP contribution is -2.26. The van der Waals surface area contributed by atoms with E-state index in [4.69, 9.17) is 0 Å². The first-order chi connectivity index (χ1) is 7.74. The normalized spacial score (nSPS) is 24.0. The molecule has 84 valence electrons. The Balaban J connectivity index is 2.10. The average Bonchev–Trinajstić information content (AvgIpc) is 2.50. The van der Waals surface area contributed by atoms with Crippen molar-refractivity contribution in [2.24, 2.45) is 5.92 Å². The van der Waals surface area contributed by atoms with Crippen molar-refractivity contribution in [2.75, 3.05) is 13.6 Å². The van der Waals surface area contributed by atoms with Gasteiger partial charge in [-0.1, -0.05) is 25.2 Å². The summed E-state index contributed by atoms with van der Waals surface area (Å²) >= 11 is 0. The van der Waals surface area contributed by atoms with Gasteiger partial charge in [0.05, 0.1) is 0 Å². The summed E-state index contributed by atoms with van der Waals surface area (Å²) in [5.74, 6) is 0.540. The molecule has 2 heterocycles. The zero-order chi connectivity index (χ0) is 11.1. The molecule has 1 aliphatic heterocycles. The van der Waals surface area contributed by atoms with E-state index in [9.17, 15) is 0 Å². The van der Waals surface area contributed by atoms with Crippen LogP contribution in [-0.4, -0.2) is 23.5 Å². The Morgan fingerprint density at radius 2 is 2.12 bits per heavy atom. The third-order valence-electron chi connectivity index (χ3n) is 3.57. The van der Waals surface area contributed by atoms with Gasteiger partial charge < -0.3 is 9.88 Å². The molecule has 0 saturated carbocycles. The first-order valence-electron chi connectivity index (χ1n) is 6.02. The predicted octanol–water partition coefficient (Wildman–Crippen LogP) is 2.68. The van der Waals surface area contributed by atoms with Gasteiger partial charge in [-0.2, -0.15) is 0 Å². The van der Waals surface area contributed by atoms with E-state index in [1.165, 1.54) is 22.5 Å². The minimum Gasteiger partial charge on any atom is -0.358 e. The molecule has 2 aliphatic rings. The van der Waals surface area contributed by atoms with E-state index in [-0.39, 0.29) is 0 Å². The summed E-state index contributed by atoms with van der Waals surface area (Å²) in [5.41, 5.74) is 5.63. The van der Waals surface area contributed by atoms with Crippen LogP contribution in [0.15, 0.2) is 12.2 Å². The number of hydrogen-bond donors (Lipinski definition) is 1. The van der Waals surface area contributed by atoms with Gasteiger partial charge in [0.1, 0.15) is 0 Å². The second-order valence-corrected chi connectivity index (χ2v) is 4.97. The van der Waals surface area contributed by atoms with E-state index in [0.717, 1.165) is 19.5 Å². The Labute approximate surface area is 96.7 Å². The summed E-state index contributed by atoms with van der Waals surface area (Å²) < 4.78 is 0. The minimum atomic E-state index is 0.540. The number of nitrogens with zero attached hydrogens (tertiary/aromatic N) is 1. The lowest BCUT2D eigenvalue weighted by Gasteiger charge is -2.22. The molecule has 3 rings (SSSR count). The summed E-state index contributed by atoms with van der Waals surface area (Å²) in [6.45, 7) is 4.46. The molecule has 1 atom stereocenters. The molecule has 1 unspecified atom stereocenters. The number of likely N-dealkylation sites (N-methyl/N-ethyl adjacent to an activating group) is 1. The van der Waals surface area contributed by atoms with Gasteiger partial charge in [-0.05, 0) is 24.6 Å². The first kappa shape index (κ1) is 9.91. The van der Waals surface area contributed by atoms with Crippen LogP contribution in [-0.2, 0) is 13.0 Å². The molecule has 1 aliphatic carbocycles. The number of H-pyrrole nitrogens is 1. The molecular formula is C14H18N2. The number of fused-ring (bicyclic) bond motifs is 3. The van der Waals surface area contributed by atoms with Crippen molar-refractivity contribution in [3.8, 4) is 0 Å². The van der Waals surface area contributed by atoms with E-state index in [1.54, 1.807) is 0 Å². The van der Waals surface area contributed by atoms with Gasteiger partial charge in [0.25, 0.3) is 0 Å². The fourth-order valence-corrected chi connectivity index (χ4v) is 2.56. The summed E-state index contributed by atoms with van der Waals surface area (Å²) in [6, 6.07) is 0.